The van der Waals surface area contributed by atoms with E-state index in [1.54, 1.807) is 6.07 Å². The minimum Gasteiger partial charge on any atom is -0.376 e. The van der Waals surface area contributed by atoms with Crippen molar-refractivity contribution in [2.45, 2.75) is 24.6 Å². The summed E-state index contributed by atoms with van der Waals surface area (Å²) >= 11 is 0. The predicted octanol–water partition coefficient (Wildman–Crippen LogP) is 1.52. The number of alkyl halides is 3. The van der Waals surface area contributed by atoms with Crippen molar-refractivity contribution in [1.82, 2.24) is 9.55 Å². The molecular formula is C18H18F3N3O6S. The van der Waals surface area contributed by atoms with Gasteiger partial charge in [0.1, 0.15) is 11.6 Å². The second-order valence-corrected chi connectivity index (χ2v) is 8.50. The normalized spacial score (nSPS) is 18.7. The molecule has 0 unspecified atom stereocenters. The van der Waals surface area contributed by atoms with Crippen molar-refractivity contribution in [2.75, 3.05) is 31.7 Å². The van der Waals surface area contributed by atoms with Gasteiger partial charge in [0.15, 0.2) is 0 Å². The highest BCUT2D eigenvalue weighted by Gasteiger charge is 2.48. The van der Waals surface area contributed by atoms with E-state index in [9.17, 15) is 26.4 Å². The molecule has 2 aliphatic heterocycles. The Morgan fingerprint density at radius 2 is 2.06 bits per heavy atom. The average Bonchev–Trinajstić information content (AvgIpc) is 2.71. The number of halogens is 3. The lowest BCUT2D eigenvalue weighted by Crippen LogP contribution is -2.35. The number of aromatic nitrogens is 2. The topological polar surface area (TPSA) is 109 Å². The van der Waals surface area contributed by atoms with Crippen molar-refractivity contribution < 1.29 is 35.2 Å². The van der Waals surface area contributed by atoms with E-state index in [-0.39, 0.29) is 12.6 Å². The summed E-state index contributed by atoms with van der Waals surface area (Å²) in [4.78, 5) is 16.4. The number of aryl methyl sites for hydroxylation is 1. The lowest BCUT2D eigenvalue weighted by atomic mass is 9.97. The average molecular weight is 461 g/mol. The Hall–Kier alpha value is -2.64. The SMILES string of the molecule is O=c1nc(NC[C@@H]2COCCO2)cc2n1CCc1cc(OS(=O)(=O)C(F)(F)F)ccc1-2. The molecule has 1 saturated heterocycles. The van der Waals surface area contributed by atoms with E-state index in [0.717, 1.165) is 6.07 Å². The Kier molecular flexibility index (Phi) is 5.66. The number of nitrogens with one attached hydrogen (secondary N) is 1. The van der Waals surface area contributed by atoms with Crippen LogP contribution in [0, 0.1) is 0 Å². The summed E-state index contributed by atoms with van der Waals surface area (Å²) in [5.74, 6) is -0.132. The van der Waals surface area contributed by atoms with Crippen molar-refractivity contribution in [3.63, 3.8) is 0 Å². The number of fused-ring (bicyclic) bond motifs is 3. The third-order valence-corrected chi connectivity index (χ3v) is 5.83. The Morgan fingerprint density at radius 3 is 2.77 bits per heavy atom. The van der Waals surface area contributed by atoms with Gasteiger partial charge < -0.3 is 19.0 Å². The van der Waals surface area contributed by atoms with Crippen molar-refractivity contribution in [1.29, 1.82) is 0 Å². The molecule has 1 aromatic carbocycles. The molecule has 168 valence electrons. The maximum atomic E-state index is 12.6. The summed E-state index contributed by atoms with van der Waals surface area (Å²) in [6.07, 6.45) is 0.115. The van der Waals surface area contributed by atoms with Gasteiger partial charge in [-0.1, -0.05) is 0 Å². The number of hydrogen-bond donors (Lipinski definition) is 1. The summed E-state index contributed by atoms with van der Waals surface area (Å²) < 4.78 is 76.7. The van der Waals surface area contributed by atoms with Crippen LogP contribution < -0.4 is 15.2 Å². The van der Waals surface area contributed by atoms with E-state index in [0.29, 0.717) is 55.4 Å². The third kappa shape index (κ3) is 4.52. The van der Waals surface area contributed by atoms with Gasteiger partial charge >= 0.3 is 21.3 Å². The highest BCUT2D eigenvalue weighted by atomic mass is 32.2. The van der Waals surface area contributed by atoms with Crippen LogP contribution in [0.2, 0.25) is 0 Å². The van der Waals surface area contributed by atoms with E-state index >= 15 is 0 Å². The van der Waals surface area contributed by atoms with Gasteiger partial charge in [-0.2, -0.15) is 26.6 Å². The van der Waals surface area contributed by atoms with Crippen LogP contribution in [-0.4, -0.2) is 55.9 Å². The van der Waals surface area contributed by atoms with Crippen LogP contribution >= 0.6 is 0 Å². The molecule has 31 heavy (non-hydrogen) atoms. The molecule has 0 aliphatic carbocycles. The number of nitrogens with zero attached hydrogens (tertiary/aromatic N) is 2. The summed E-state index contributed by atoms with van der Waals surface area (Å²) in [5.41, 5.74) is -4.37. The molecule has 2 aliphatic rings. The zero-order valence-corrected chi connectivity index (χ0v) is 16.8. The zero-order chi connectivity index (χ0) is 22.2. The van der Waals surface area contributed by atoms with Crippen molar-refractivity contribution in [2.24, 2.45) is 0 Å². The summed E-state index contributed by atoms with van der Waals surface area (Å²) in [6.45, 7) is 2.05. The Bertz CT molecular complexity index is 1140. The Morgan fingerprint density at radius 1 is 1.26 bits per heavy atom. The lowest BCUT2D eigenvalue weighted by Gasteiger charge is -2.24. The summed E-state index contributed by atoms with van der Waals surface area (Å²) in [5, 5.41) is 3.04. The number of ether oxygens (including phenoxy) is 2. The smallest absolute Gasteiger partial charge is 0.376 e. The summed E-state index contributed by atoms with van der Waals surface area (Å²) in [6, 6.07) is 5.41. The predicted molar refractivity (Wildman–Crippen MR) is 102 cm³/mol. The first-order valence-electron chi connectivity index (χ1n) is 9.33. The van der Waals surface area contributed by atoms with Gasteiger partial charge in [-0.05, 0) is 30.2 Å². The standard InChI is InChI=1S/C18H18F3N3O6S/c19-18(20,21)31(26,27)30-12-1-2-14-11(7-12)3-4-24-15(14)8-16(23-17(24)25)22-9-13-10-28-5-6-29-13/h1-2,7-8,13H,3-6,9-10H2,(H,22,23,25)/t13-/m1/s1. The minimum absolute atomic E-state index is 0.183. The van der Waals surface area contributed by atoms with Gasteiger partial charge in [0.05, 0.1) is 31.6 Å². The van der Waals surface area contributed by atoms with Crippen LogP contribution in [0.15, 0.2) is 29.1 Å². The van der Waals surface area contributed by atoms with E-state index in [2.05, 4.69) is 14.5 Å². The molecule has 0 saturated carbocycles. The fourth-order valence-electron chi connectivity index (χ4n) is 3.39. The molecule has 1 aromatic heterocycles. The quantitative estimate of drug-likeness (QED) is 0.528. The maximum Gasteiger partial charge on any atom is 0.534 e. The molecule has 0 amide bonds. The van der Waals surface area contributed by atoms with Crippen LogP contribution in [-0.2, 0) is 32.6 Å². The molecule has 0 radical (unpaired) electrons. The summed E-state index contributed by atoms with van der Waals surface area (Å²) in [7, 11) is -5.77. The van der Waals surface area contributed by atoms with Gasteiger partial charge in [0, 0.05) is 24.7 Å². The Balaban J connectivity index is 1.59. The van der Waals surface area contributed by atoms with Crippen molar-refractivity contribution in [3.05, 3.63) is 40.3 Å². The largest absolute Gasteiger partial charge is 0.534 e. The monoisotopic (exact) mass is 461 g/mol. The molecule has 3 heterocycles. The van der Waals surface area contributed by atoms with Gasteiger partial charge in [-0.15, -0.1) is 0 Å². The molecule has 1 N–H and O–H groups in total. The fraction of sp³-hybridized carbons (Fsp3) is 0.444. The van der Waals surface area contributed by atoms with Crippen LogP contribution in [0.4, 0.5) is 19.0 Å². The third-order valence-electron chi connectivity index (χ3n) is 4.85. The molecule has 4 rings (SSSR count). The van der Waals surface area contributed by atoms with Gasteiger partial charge in [0.2, 0.25) is 0 Å². The van der Waals surface area contributed by atoms with E-state index in [1.165, 1.54) is 16.7 Å². The number of hydrogen-bond acceptors (Lipinski definition) is 8. The molecule has 9 nitrogen and oxygen atoms in total. The fourth-order valence-corrected chi connectivity index (χ4v) is 3.85. The molecule has 0 spiro atoms. The van der Waals surface area contributed by atoms with Crippen LogP contribution in [0.25, 0.3) is 11.3 Å². The molecule has 13 heteroatoms. The van der Waals surface area contributed by atoms with Gasteiger partial charge in [-0.3, -0.25) is 4.57 Å². The molecule has 0 bridgehead atoms. The number of rotatable bonds is 5. The minimum atomic E-state index is -5.77. The first-order chi connectivity index (χ1) is 14.6. The second kappa shape index (κ2) is 8.13. The maximum absolute atomic E-state index is 12.6. The highest BCUT2D eigenvalue weighted by Crippen LogP contribution is 2.34. The zero-order valence-electron chi connectivity index (χ0n) is 16.0. The van der Waals surface area contributed by atoms with E-state index < -0.39 is 27.1 Å². The van der Waals surface area contributed by atoms with Crippen LogP contribution in [0.1, 0.15) is 5.56 Å². The van der Waals surface area contributed by atoms with Crippen LogP contribution in [0.5, 0.6) is 5.75 Å². The van der Waals surface area contributed by atoms with Gasteiger partial charge in [0.25, 0.3) is 0 Å². The molecule has 1 atom stereocenters. The lowest BCUT2D eigenvalue weighted by molar-refractivity contribution is -0.0819. The molecule has 2 aromatic rings. The first kappa shape index (κ1) is 21.6. The van der Waals surface area contributed by atoms with Gasteiger partial charge in [-0.25, -0.2) is 4.79 Å². The van der Waals surface area contributed by atoms with Crippen molar-refractivity contribution in [3.8, 4) is 17.0 Å². The number of benzene rings is 1. The van der Waals surface area contributed by atoms with Crippen molar-refractivity contribution >= 4 is 15.9 Å². The van der Waals surface area contributed by atoms with E-state index in [1.807, 2.05) is 0 Å². The van der Waals surface area contributed by atoms with E-state index in [4.69, 9.17) is 9.47 Å². The Labute approximate surface area is 174 Å². The highest BCUT2D eigenvalue weighted by molar-refractivity contribution is 7.88. The first-order valence-corrected chi connectivity index (χ1v) is 10.7. The molecule has 1 fully saturated rings. The molecular weight excluding hydrogens is 443 g/mol. The van der Waals surface area contributed by atoms with Crippen LogP contribution in [0.3, 0.4) is 0 Å². The second-order valence-electron chi connectivity index (χ2n) is 6.96. The number of anilines is 1.